The lowest BCUT2D eigenvalue weighted by Crippen LogP contribution is -2.41. The van der Waals surface area contributed by atoms with Crippen LogP contribution in [0.15, 0.2) is 84.2 Å². The van der Waals surface area contributed by atoms with Crippen LogP contribution in [-0.4, -0.2) is 24.5 Å². The Balaban J connectivity index is 1.55. The molecule has 0 saturated carbocycles. The van der Waals surface area contributed by atoms with E-state index in [1.165, 1.54) is 0 Å². The van der Waals surface area contributed by atoms with Crippen molar-refractivity contribution < 1.29 is 20.2 Å². The van der Waals surface area contributed by atoms with Gasteiger partial charge in [-0.15, -0.1) is 0 Å². The first kappa shape index (κ1) is 20.4. The monoisotopic (exact) mass is 420 g/mol. The van der Waals surface area contributed by atoms with E-state index in [9.17, 15) is 0 Å². The Labute approximate surface area is 186 Å². The molecule has 31 heavy (non-hydrogen) atoms. The van der Waals surface area contributed by atoms with E-state index < -0.39 is 24.5 Å². The third-order valence-electron chi connectivity index (χ3n) is 5.88. The average molecular weight is 420 g/mol. The Morgan fingerprint density at radius 2 is 1.45 bits per heavy atom. The molecule has 6 heteroatoms. The molecule has 2 aliphatic rings. The second kappa shape index (κ2) is 8.91. The molecule has 0 radical (unpaired) electrons. The topological polar surface area (TPSA) is 49.0 Å². The van der Waals surface area contributed by atoms with Gasteiger partial charge in [-0.1, -0.05) is 66.7 Å². The minimum absolute atomic E-state index is 0.291. The maximum absolute atomic E-state index is 8.78. The van der Waals surface area contributed by atoms with Crippen LogP contribution >= 0.6 is 0 Å². The lowest BCUT2D eigenvalue weighted by molar-refractivity contribution is 0.00578. The van der Waals surface area contributed by atoms with Gasteiger partial charge >= 0.3 is 7.12 Å². The fourth-order valence-electron chi connectivity index (χ4n) is 3.29. The Kier molecular flexibility index (Phi) is 5.86. The summed E-state index contributed by atoms with van der Waals surface area (Å²) in [4.78, 5) is 0. The molecular weight excluding hydrogens is 389 g/mol. The van der Waals surface area contributed by atoms with E-state index in [-0.39, 0.29) is 0 Å². The summed E-state index contributed by atoms with van der Waals surface area (Å²) in [5.41, 5.74) is 1.74. The van der Waals surface area contributed by atoms with Gasteiger partial charge in [0.2, 0.25) is 0 Å². The molecule has 0 aliphatic carbocycles. The van der Waals surface area contributed by atoms with Crippen molar-refractivity contribution in [2.24, 2.45) is 0 Å². The molecule has 2 heterocycles. The molecule has 2 aromatic rings. The quantitative estimate of drug-likeness (QED) is 0.656. The van der Waals surface area contributed by atoms with Crippen LogP contribution in [-0.2, 0) is 32.0 Å². The molecule has 2 aromatic carbocycles. The third-order valence-corrected chi connectivity index (χ3v) is 5.88. The molecule has 1 fully saturated rings. The van der Waals surface area contributed by atoms with Crippen LogP contribution in [0.2, 0.25) is 0 Å². The molecule has 4 rings (SSSR count). The predicted molar refractivity (Wildman–Crippen MR) is 122 cm³/mol. The van der Waals surface area contributed by atoms with E-state index in [1.54, 1.807) is 12.2 Å². The number of benzene rings is 2. The van der Waals surface area contributed by atoms with E-state index in [4.69, 9.17) is 20.2 Å². The highest BCUT2D eigenvalue weighted by molar-refractivity contribution is 6.55. The van der Waals surface area contributed by atoms with Crippen LogP contribution in [0, 0.1) is 0 Å². The molecule has 1 saturated heterocycles. The molecule has 1 N–H and O–H groups in total. The van der Waals surface area contributed by atoms with Gasteiger partial charge in [-0.05, 0) is 44.9 Å². The number of hydrogen-bond donors (Lipinski definition) is 1. The standard InChI is InChI=1S/C25H30BNO4/c1-24(2)25(3,4)31-26(30-24)21-15-16-22(28-17-19-11-7-5-8-12-19)27-23(21)29-18-20-13-9-6-10-14-20/h5-16,22,27H,17-18H2,1-4H3/i22D. The second-order valence-electron chi connectivity index (χ2n) is 8.74. The van der Waals surface area contributed by atoms with Crippen molar-refractivity contribution >= 4 is 7.12 Å². The van der Waals surface area contributed by atoms with E-state index in [1.807, 2.05) is 88.4 Å². The zero-order valence-electron chi connectivity index (χ0n) is 19.6. The van der Waals surface area contributed by atoms with Crippen molar-refractivity contribution in [2.75, 3.05) is 0 Å². The van der Waals surface area contributed by atoms with Gasteiger partial charge in [0.1, 0.15) is 12.8 Å². The summed E-state index contributed by atoms with van der Waals surface area (Å²) in [6.07, 6.45) is 1.98. The van der Waals surface area contributed by atoms with Gasteiger partial charge in [0, 0.05) is 5.47 Å². The highest BCUT2D eigenvalue weighted by Gasteiger charge is 2.53. The molecule has 5 nitrogen and oxygen atoms in total. The second-order valence-corrected chi connectivity index (χ2v) is 8.74. The smallest absolute Gasteiger partial charge is 0.475 e. The van der Waals surface area contributed by atoms with Gasteiger partial charge < -0.3 is 24.1 Å². The zero-order chi connectivity index (χ0) is 22.8. The van der Waals surface area contributed by atoms with Crippen LogP contribution in [0.3, 0.4) is 0 Å². The van der Waals surface area contributed by atoms with Gasteiger partial charge in [-0.25, -0.2) is 0 Å². The lowest BCUT2D eigenvalue weighted by atomic mass is 9.77. The maximum Gasteiger partial charge on any atom is 0.500 e. The lowest BCUT2D eigenvalue weighted by Gasteiger charge is -2.32. The Morgan fingerprint density at radius 1 is 0.903 bits per heavy atom. The van der Waals surface area contributed by atoms with Crippen LogP contribution < -0.4 is 5.32 Å². The molecule has 2 aliphatic heterocycles. The van der Waals surface area contributed by atoms with E-state index in [0.29, 0.717) is 24.6 Å². The molecule has 1 unspecified atom stereocenters. The van der Waals surface area contributed by atoms with Gasteiger partial charge in [-0.2, -0.15) is 0 Å². The highest BCUT2D eigenvalue weighted by atomic mass is 16.7. The van der Waals surface area contributed by atoms with Crippen molar-refractivity contribution in [3.8, 4) is 0 Å². The van der Waals surface area contributed by atoms with Crippen LogP contribution in [0.1, 0.15) is 40.2 Å². The first-order valence-corrected chi connectivity index (χ1v) is 10.6. The zero-order valence-corrected chi connectivity index (χ0v) is 18.6. The highest BCUT2D eigenvalue weighted by Crippen LogP contribution is 2.39. The van der Waals surface area contributed by atoms with E-state index in [0.717, 1.165) is 11.1 Å². The Bertz CT molecular complexity index is 978. The number of allylic oxidation sites excluding steroid dienone is 2. The van der Waals surface area contributed by atoms with E-state index in [2.05, 4.69) is 5.32 Å². The number of rotatable bonds is 7. The Morgan fingerprint density at radius 3 is 2.03 bits per heavy atom. The summed E-state index contributed by atoms with van der Waals surface area (Å²) in [7, 11) is -0.617. The first-order valence-electron chi connectivity index (χ1n) is 11.1. The van der Waals surface area contributed by atoms with Crippen molar-refractivity contribution in [3.63, 3.8) is 0 Å². The minimum Gasteiger partial charge on any atom is -0.475 e. The van der Waals surface area contributed by atoms with Gasteiger partial charge in [0.25, 0.3) is 0 Å². The number of ether oxygens (including phenoxy) is 2. The summed E-state index contributed by atoms with van der Waals surface area (Å²) in [6.45, 7) is 8.67. The van der Waals surface area contributed by atoms with Crippen LogP contribution in [0.5, 0.6) is 0 Å². The number of nitrogens with one attached hydrogen (secondary N) is 1. The fourth-order valence-corrected chi connectivity index (χ4v) is 3.29. The van der Waals surface area contributed by atoms with Crippen molar-refractivity contribution in [3.05, 3.63) is 95.3 Å². The SMILES string of the molecule is [2H]C1(OCc2ccccc2)C=CC(B2OC(C)(C)C(C)(C)O2)=C(OCc2ccccc2)N1. The largest absolute Gasteiger partial charge is 0.500 e. The average Bonchev–Trinajstić information content (AvgIpc) is 2.99. The molecule has 0 spiro atoms. The number of hydrogen-bond acceptors (Lipinski definition) is 5. The first-order chi connectivity index (χ1) is 15.2. The molecule has 1 atom stereocenters. The summed E-state index contributed by atoms with van der Waals surface area (Å²) in [5.74, 6) is 0.415. The summed E-state index contributed by atoms with van der Waals surface area (Å²) in [6, 6.07) is 19.7. The van der Waals surface area contributed by atoms with Gasteiger partial charge in [0.05, 0.1) is 19.2 Å². The van der Waals surface area contributed by atoms with Crippen molar-refractivity contribution in [1.29, 1.82) is 0 Å². The number of dihydropyridines is 1. The predicted octanol–water partition coefficient (Wildman–Crippen LogP) is 4.75. The minimum atomic E-state index is -1.48. The summed E-state index contributed by atoms with van der Waals surface area (Å²) in [5, 5.41) is 3.11. The molecular formula is C25H30BNO4. The summed E-state index contributed by atoms with van der Waals surface area (Å²) >= 11 is 0. The van der Waals surface area contributed by atoms with E-state index >= 15 is 0 Å². The molecule has 0 aromatic heterocycles. The normalized spacial score (nSPS) is 24.6. The summed E-state index contributed by atoms with van der Waals surface area (Å²) < 4.78 is 33.3. The molecule has 0 bridgehead atoms. The van der Waals surface area contributed by atoms with Gasteiger partial charge in [-0.3, -0.25) is 0 Å². The van der Waals surface area contributed by atoms with Gasteiger partial charge in [0.15, 0.2) is 5.88 Å². The fraction of sp³-hybridized carbons (Fsp3) is 0.360. The third kappa shape index (κ3) is 5.04. The van der Waals surface area contributed by atoms with Crippen molar-refractivity contribution in [1.82, 2.24) is 5.32 Å². The molecule has 162 valence electrons. The van der Waals surface area contributed by atoms with Crippen LogP contribution in [0.25, 0.3) is 0 Å². The van der Waals surface area contributed by atoms with Crippen LogP contribution in [0.4, 0.5) is 0 Å². The maximum atomic E-state index is 8.78. The molecule has 0 amide bonds. The Hall–Kier alpha value is -2.54. The van der Waals surface area contributed by atoms with Crippen molar-refractivity contribution in [2.45, 2.75) is 58.3 Å².